The predicted octanol–water partition coefficient (Wildman–Crippen LogP) is 3.69. The van der Waals surface area contributed by atoms with Gasteiger partial charge in [-0.2, -0.15) is 0 Å². The highest BCUT2D eigenvalue weighted by Crippen LogP contribution is 2.40. The lowest BCUT2D eigenvalue weighted by Gasteiger charge is -2.30. The Hall–Kier alpha value is -2.16. The highest BCUT2D eigenvalue weighted by Gasteiger charge is 2.44. The molecule has 0 aromatic heterocycles. The molecule has 2 aromatic rings. The highest BCUT2D eigenvalue weighted by atomic mass is 19.1. The molecule has 0 aliphatic heterocycles. The maximum absolute atomic E-state index is 15.2. The van der Waals surface area contributed by atoms with Crippen molar-refractivity contribution in [3.63, 3.8) is 0 Å². The van der Waals surface area contributed by atoms with Crippen LogP contribution in [0.1, 0.15) is 27.9 Å². The number of hydrogen-bond acceptors (Lipinski definition) is 2. The highest BCUT2D eigenvalue weighted by molar-refractivity contribution is 6.05. The molecule has 0 bridgehead atoms. The number of hydrogen-bond donors (Lipinski definition) is 0. The molecule has 3 heteroatoms. The summed E-state index contributed by atoms with van der Waals surface area (Å²) < 4.78 is 20.3. The Kier molecular flexibility index (Phi) is 3.05. The van der Waals surface area contributed by atoms with E-state index in [2.05, 4.69) is 0 Å². The summed E-state index contributed by atoms with van der Waals surface area (Å²) in [6.07, 6.45) is 0.764. The first-order chi connectivity index (χ1) is 9.65. The maximum Gasteiger partial charge on any atom is 0.204 e. The first kappa shape index (κ1) is 12.9. The summed E-state index contributed by atoms with van der Waals surface area (Å²) >= 11 is 0. The molecule has 2 aromatic carbocycles. The fraction of sp³-hybridized carbons (Fsp3) is 0.235. The van der Waals surface area contributed by atoms with E-state index in [0.29, 0.717) is 23.3 Å². The molecule has 0 fully saturated rings. The Morgan fingerprint density at radius 2 is 1.80 bits per heavy atom. The van der Waals surface area contributed by atoms with Crippen LogP contribution in [0, 0.1) is 0 Å². The summed E-state index contributed by atoms with van der Waals surface area (Å²) in [4.78, 5) is 12.5. The van der Waals surface area contributed by atoms with Crippen LogP contribution in [0.25, 0.3) is 0 Å². The van der Waals surface area contributed by atoms with Crippen LogP contribution in [0.3, 0.4) is 0 Å². The van der Waals surface area contributed by atoms with E-state index in [1.165, 1.54) is 0 Å². The Balaban J connectivity index is 2.02. The molecule has 20 heavy (non-hydrogen) atoms. The normalized spacial score (nSPS) is 21.4. The topological polar surface area (TPSA) is 26.3 Å². The second-order valence-corrected chi connectivity index (χ2v) is 5.02. The van der Waals surface area contributed by atoms with E-state index in [1.54, 1.807) is 43.5 Å². The number of ether oxygens (including phenoxy) is 1. The number of rotatable bonds is 2. The first-order valence-electron chi connectivity index (χ1n) is 6.61. The quantitative estimate of drug-likeness (QED) is 0.832. The lowest BCUT2D eigenvalue weighted by molar-refractivity contribution is 0.0630. The number of carbonyl (C=O) groups excluding carboxylic acids is 1. The number of methoxy groups -OCH3 is 1. The van der Waals surface area contributed by atoms with Gasteiger partial charge in [-0.1, -0.05) is 36.4 Å². The van der Waals surface area contributed by atoms with Gasteiger partial charge in [-0.3, -0.25) is 4.79 Å². The average Bonchev–Trinajstić information content (AvgIpc) is 2.51. The lowest BCUT2D eigenvalue weighted by Crippen LogP contribution is -2.36. The largest absolute Gasteiger partial charge is 0.497 e. The zero-order valence-electron chi connectivity index (χ0n) is 11.2. The van der Waals surface area contributed by atoms with E-state index < -0.39 is 11.5 Å². The molecule has 1 aliphatic carbocycles. The number of halogens is 1. The van der Waals surface area contributed by atoms with Crippen molar-refractivity contribution < 1.29 is 13.9 Å². The summed E-state index contributed by atoms with van der Waals surface area (Å²) in [7, 11) is 1.56. The van der Waals surface area contributed by atoms with E-state index in [1.807, 2.05) is 12.1 Å². The number of carbonyl (C=O) groups is 1. The molecule has 1 aliphatic rings. The van der Waals surface area contributed by atoms with E-state index >= 15 is 4.39 Å². The summed E-state index contributed by atoms with van der Waals surface area (Å²) in [6, 6.07) is 13.9. The molecular formula is C17H15FO2. The monoisotopic (exact) mass is 270 g/mol. The summed E-state index contributed by atoms with van der Waals surface area (Å²) in [5, 5.41) is 0. The number of alkyl halides is 1. The summed E-state index contributed by atoms with van der Waals surface area (Å²) in [6.45, 7) is 0. The second-order valence-electron chi connectivity index (χ2n) is 5.02. The third kappa shape index (κ3) is 1.90. The van der Waals surface area contributed by atoms with Gasteiger partial charge < -0.3 is 4.74 Å². The fourth-order valence-corrected chi connectivity index (χ4v) is 2.72. The van der Waals surface area contributed by atoms with Crippen molar-refractivity contribution in [2.45, 2.75) is 18.5 Å². The molecule has 0 spiro atoms. The number of ketones is 1. The molecular weight excluding hydrogens is 255 g/mol. The van der Waals surface area contributed by atoms with Crippen LogP contribution in [-0.2, 0) is 12.1 Å². The first-order valence-corrected chi connectivity index (χ1v) is 6.61. The smallest absolute Gasteiger partial charge is 0.204 e. The minimum absolute atomic E-state index is 0.190. The summed E-state index contributed by atoms with van der Waals surface area (Å²) in [5.74, 6) is 0.213. The average molecular weight is 270 g/mol. The van der Waals surface area contributed by atoms with Gasteiger partial charge in [0.15, 0.2) is 5.67 Å². The number of Topliss-reactive ketones (excluding diaryl/α,β-unsaturated/α-hetero) is 1. The Morgan fingerprint density at radius 1 is 1.10 bits per heavy atom. The van der Waals surface area contributed by atoms with Crippen LogP contribution in [0.5, 0.6) is 5.75 Å². The Labute approximate surface area is 117 Å². The number of aryl methyl sites for hydroxylation is 1. The SMILES string of the molecule is COc1ccc(C2(F)CCc3ccccc3C2=O)cc1. The van der Waals surface area contributed by atoms with E-state index in [4.69, 9.17) is 4.74 Å². The molecule has 102 valence electrons. The molecule has 0 heterocycles. The minimum atomic E-state index is -1.93. The standard InChI is InChI=1S/C17H15FO2/c1-20-14-8-6-13(7-9-14)17(18)11-10-12-4-2-3-5-15(12)16(17)19/h2-9H,10-11H2,1H3. The van der Waals surface area contributed by atoms with Gasteiger partial charge in [-0.15, -0.1) is 0 Å². The molecule has 1 atom stereocenters. The molecule has 0 saturated carbocycles. The maximum atomic E-state index is 15.2. The van der Waals surface area contributed by atoms with E-state index in [-0.39, 0.29) is 6.42 Å². The van der Waals surface area contributed by atoms with E-state index in [0.717, 1.165) is 5.56 Å². The fourth-order valence-electron chi connectivity index (χ4n) is 2.72. The molecule has 0 radical (unpaired) electrons. The minimum Gasteiger partial charge on any atom is -0.497 e. The van der Waals surface area contributed by atoms with E-state index in [9.17, 15) is 4.79 Å². The third-order valence-electron chi connectivity index (χ3n) is 3.91. The molecule has 0 N–H and O–H groups in total. The molecule has 0 saturated heterocycles. The number of fused-ring (bicyclic) bond motifs is 1. The zero-order chi connectivity index (χ0) is 14.2. The van der Waals surface area contributed by atoms with Crippen LogP contribution in [0.4, 0.5) is 4.39 Å². The van der Waals surface area contributed by atoms with Gasteiger partial charge in [0.2, 0.25) is 5.78 Å². The van der Waals surface area contributed by atoms with Crippen molar-refractivity contribution in [2.24, 2.45) is 0 Å². The van der Waals surface area contributed by atoms with Gasteiger partial charge in [0, 0.05) is 5.56 Å². The van der Waals surface area contributed by atoms with Crippen molar-refractivity contribution in [1.29, 1.82) is 0 Å². The third-order valence-corrected chi connectivity index (χ3v) is 3.91. The van der Waals surface area contributed by atoms with Crippen molar-refractivity contribution in [1.82, 2.24) is 0 Å². The molecule has 2 nitrogen and oxygen atoms in total. The van der Waals surface area contributed by atoms with Gasteiger partial charge in [0.05, 0.1) is 7.11 Å². The van der Waals surface area contributed by atoms with Gasteiger partial charge in [-0.25, -0.2) is 4.39 Å². The van der Waals surface area contributed by atoms with Crippen LogP contribution >= 0.6 is 0 Å². The Bertz CT molecular complexity index is 648. The van der Waals surface area contributed by atoms with Crippen LogP contribution in [0.2, 0.25) is 0 Å². The van der Waals surface area contributed by atoms with Crippen LogP contribution < -0.4 is 4.74 Å². The van der Waals surface area contributed by atoms with Crippen molar-refractivity contribution in [3.8, 4) is 5.75 Å². The second kappa shape index (κ2) is 4.75. The van der Waals surface area contributed by atoms with Crippen LogP contribution in [0.15, 0.2) is 48.5 Å². The molecule has 0 amide bonds. The van der Waals surface area contributed by atoms with Gasteiger partial charge >= 0.3 is 0 Å². The molecule has 3 rings (SSSR count). The van der Waals surface area contributed by atoms with Gasteiger partial charge in [-0.05, 0) is 36.1 Å². The van der Waals surface area contributed by atoms with Gasteiger partial charge in [0.1, 0.15) is 5.75 Å². The van der Waals surface area contributed by atoms with Crippen LogP contribution in [-0.4, -0.2) is 12.9 Å². The predicted molar refractivity (Wildman–Crippen MR) is 74.9 cm³/mol. The number of benzene rings is 2. The Morgan fingerprint density at radius 3 is 2.50 bits per heavy atom. The summed E-state index contributed by atoms with van der Waals surface area (Å²) in [5.41, 5.74) is -0.102. The van der Waals surface area contributed by atoms with Crippen molar-refractivity contribution >= 4 is 5.78 Å². The van der Waals surface area contributed by atoms with Gasteiger partial charge in [0.25, 0.3) is 0 Å². The lowest BCUT2D eigenvalue weighted by atomic mass is 9.77. The van der Waals surface area contributed by atoms with Crippen molar-refractivity contribution in [3.05, 3.63) is 65.2 Å². The molecule has 1 unspecified atom stereocenters. The van der Waals surface area contributed by atoms with Crippen molar-refractivity contribution in [2.75, 3.05) is 7.11 Å². The zero-order valence-corrected chi connectivity index (χ0v) is 11.2.